The summed E-state index contributed by atoms with van der Waals surface area (Å²) in [5.74, 6) is -0.314. The number of rotatable bonds is 6. The number of piperazine rings is 1. The third-order valence-electron chi connectivity index (χ3n) is 5.83. The number of hydrogen-bond donors (Lipinski definition) is 1. The molecule has 4 rings (SSSR count). The van der Waals surface area contributed by atoms with Crippen molar-refractivity contribution in [2.75, 3.05) is 42.9 Å². The van der Waals surface area contributed by atoms with Crippen molar-refractivity contribution >= 4 is 28.1 Å². The summed E-state index contributed by atoms with van der Waals surface area (Å²) in [6.45, 7) is 9.90. The molecule has 1 amide bonds. The molecule has 0 aliphatic carbocycles. The highest BCUT2D eigenvalue weighted by Crippen LogP contribution is 2.21. The van der Waals surface area contributed by atoms with Crippen LogP contribution in [0.4, 0.5) is 11.4 Å². The van der Waals surface area contributed by atoms with Gasteiger partial charge >= 0.3 is 0 Å². The van der Waals surface area contributed by atoms with Crippen LogP contribution in [-0.2, 0) is 6.54 Å². The van der Waals surface area contributed by atoms with Crippen LogP contribution >= 0.6 is 0 Å². The fourth-order valence-corrected chi connectivity index (χ4v) is 4.03. The van der Waals surface area contributed by atoms with Crippen molar-refractivity contribution in [2.45, 2.75) is 26.8 Å². The van der Waals surface area contributed by atoms with Crippen molar-refractivity contribution in [3.63, 3.8) is 0 Å². The summed E-state index contributed by atoms with van der Waals surface area (Å²) in [4.78, 5) is 30.5. The van der Waals surface area contributed by atoms with Crippen molar-refractivity contribution in [3.05, 3.63) is 64.6 Å². The van der Waals surface area contributed by atoms with Gasteiger partial charge in [0.2, 0.25) is 0 Å². The topological polar surface area (TPSA) is 70.5 Å². The second-order valence-electron chi connectivity index (χ2n) is 7.84. The van der Waals surface area contributed by atoms with Crippen LogP contribution < -0.4 is 15.8 Å². The average Bonchev–Trinajstić information content (AvgIpc) is 2.81. The standard InChI is InChI=1S/C24H29N5O2/c1-3-13-29-24(31)21-8-6-5-7-20(21)22(26-29)23(30)25-18-9-11-19(12-10-18)28-16-14-27(4-2)15-17-28/h5-12H,3-4,13-17H2,1-2H3,(H,25,30). The van der Waals surface area contributed by atoms with E-state index in [0.29, 0.717) is 23.0 Å². The Bertz CT molecular complexity index is 1120. The lowest BCUT2D eigenvalue weighted by molar-refractivity contribution is 0.102. The molecule has 1 aliphatic rings. The molecule has 0 bridgehead atoms. The number of aryl methyl sites for hydroxylation is 1. The van der Waals surface area contributed by atoms with Crippen LogP contribution in [0.1, 0.15) is 30.8 Å². The van der Waals surface area contributed by atoms with Crippen LogP contribution in [0.25, 0.3) is 10.8 Å². The van der Waals surface area contributed by atoms with Gasteiger partial charge in [-0.05, 0) is 43.3 Å². The third kappa shape index (κ3) is 4.46. The van der Waals surface area contributed by atoms with Crippen molar-refractivity contribution in [2.24, 2.45) is 0 Å². The molecule has 2 aromatic carbocycles. The molecule has 0 saturated carbocycles. The summed E-state index contributed by atoms with van der Waals surface area (Å²) in [6, 6.07) is 15.1. The number of aromatic nitrogens is 2. The molecule has 1 aromatic heterocycles. The molecular weight excluding hydrogens is 390 g/mol. The summed E-state index contributed by atoms with van der Waals surface area (Å²) < 4.78 is 1.39. The van der Waals surface area contributed by atoms with E-state index in [9.17, 15) is 9.59 Å². The summed E-state index contributed by atoms with van der Waals surface area (Å²) >= 11 is 0. The second-order valence-corrected chi connectivity index (χ2v) is 7.84. The fourth-order valence-electron chi connectivity index (χ4n) is 4.03. The zero-order valence-corrected chi connectivity index (χ0v) is 18.2. The number of fused-ring (bicyclic) bond motifs is 1. The lowest BCUT2D eigenvalue weighted by Gasteiger charge is -2.35. The van der Waals surface area contributed by atoms with Crippen LogP contribution in [0.3, 0.4) is 0 Å². The van der Waals surface area contributed by atoms with Gasteiger partial charge in [0.15, 0.2) is 5.69 Å². The molecule has 2 heterocycles. The molecule has 0 unspecified atom stereocenters. The van der Waals surface area contributed by atoms with Gasteiger partial charge in [-0.1, -0.05) is 32.0 Å². The van der Waals surface area contributed by atoms with Gasteiger partial charge in [0, 0.05) is 49.5 Å². The van der Waals surface area contributed by atoms with Gasteiger partial charge < -0.3 is 15.1 Å². The maximum Gasteiger partial charge on any atom is 0.276 e. The molecule has 1 N–H and O–H groups in total. The van der Waals surface area contributed by atoms with Gasteiger partial charge in [-0.25, -0.2) is 4.68 Å². The minimum atomic E-state index is -0.314. The van der Waals surface area contributed by atoms with E-state index in [0.717, 1.165) is 44.8 Å². The molecule has 1 saturated heterocycles. The van der Waals surface area contributed by atoms with E-state index >= 15 is 0 Å². The van der Waals surface area contributed by atoms with Crippen LogP contribution in [-0.4, -0.2) is 53.3 Å². The number of benzene rings is 2. The Labute approximate surface area is 182 Å². The second kappa shape index (κ2) is 9.31. The summed E-state index contributed by atoms with van der Waals surface area (Å²) in [7, 11) is 0. The lowest BCUT2D eigenvalue weighted by atomic mass is 10.1. The quantitative estimate of drug-likeness (QED) is 0.664. The first kappa shape index (κ1) is 21.1. The predicted octanol–water partition coefficient (Wildman–Crippen LogP) is 3.20. The van der Waals surface area contributed by atoms with Gasteiger partial charge in [-0.3, -0.25) is 9.59 Å². The molecule has 31 heavy (non-hydrogen) atoms. The molecule has 0 atom stereocenters. The van der Waals surface area contributed by atoms with Crippen molar-refractivity contribution in [3.8, 4) is 0 Å². The zero-order chi connectivity index (χ0) is 21.8. The fraction of sp³-hybridized carbons (Fsp3) is 0.375. The van der Waals surface area contributed by atoms with Crippen molar-refractivity contribution < 1.29 is 4.79 Å². The van der Waals surface area contributed by atoms with E-state index in [1.807, 2.05) is 37.3 Å². The van der Waals surface area contributed by atoms with Gasteiger partial charge in [0.25, 0.3) is 11.5 Å². The van der Waals surface area contributed by atoms with Crippen LogP contribution in [0.15, 0.2) is 53.3 Å². The summed E-state index contributed by atoms with van der Waals surface area (Å²) in [5, 5.41) is 8.40. The first-order valence-corrected chi connectivity index (χ1v) is 11.0. The number of carbonyl (C=O) groups excluding carboxylic acids is 1. The monoisotopic (exact) mass is 419 g/mol. The first-order chi connectivity index (χ1) is 15.1. The average molecular weight is 420 g/mol. The molecule has 1 aliphatic heterocycles. The summed E-state index contributed by atoms with van der Waals surface area (Å²) in [5.41, 5.74) is 1.97. The lowest BCUT2D eigenvalue weighted by Crippen LogP contribution is -2.46. The molecule has 3 aromatic rings. The van der Waals surface area contributed by atoms with Crippen molar-refractivity contribution in [1.82, 2.24) is 14.7 Å². The van der Waals surface area contributed by atoms with E-state index in [1.54, 1.807) is 18.2 Å². The first-order valence-electron chi connectivity index (χ1n) is 11.0. The van der Waals surface area contributed by atoms with Gasteiger partial charge in [-0.15, -0.1) is 0 Å². The maximum absolute atomic E-state index is 13.0. The number of amides is 1. The predicted molar refractivity (Wildman–Crippen MR) is 125 cm³/mol. The van der Waals surface area contributed by atoms with E-state index in [-0.39, 0.29) is 17.2 Å². The van der Waals surface area contributed by atoms with E-state index in [2.05, 4.69) is 27.1 Å². The Hall–Kier alpha value is -3.19. The minimum Gasteiger partial charge on any atom is -0.369 e. The third-order valence-corrected chi connectivity index (χ3v) is 5.83. The SMILES string of the molecule is CCCn1nc(C(=O)Nc2ccc(N3CCN(CC)CC3)cc2)c2ccccc2c1=O. The van der Waals surface area contributed by atoms with Crippen LogP contribution in [0.5, 0.6) is 0 Å². The molecule has 1 fully saturated rings. The largest absolute Gasteiger partial charge is 0.369 e. The Morgan fingerprint density at radius 1 is 0.968 bits per heavy atom. The Morgan fingerprint density at radius 3 is 2.29 bits per heavy atom. The molecule has 7 nitrogen and oxygen atoms in total. The Balaban J connectivity index is 1.54. The Kier molecular flexibility index (Phi) is 6.32. The molecule has 0 spiro atoms. The highest BCUT2D eigenvalue weighted by atomic mass is 16.2. The normalized spacial score (nSPS) is 14.7. The molecule has 162 valence electrons. The van der Waals surface area contributed by atoms with E-state index in [1.165, 1.54) is 4.68 Å². The zero-order valence-electron chi connectivity index (χ0n) is 18.2. The van der Waals surface area contributed by atoms with Gasteiger partial charge in [-0.2, -0.15) is 5.10 Å². The van der Waals surface area contributed by atoms with Crippen molar-refractivity contribution in [1.29, 1.82) is 0 Å². The van der Waals surface area contributed by atoms with Crippen LogP contribution in [0, 0.1) is 0 Å². The number of hydrogen-bond acceptors (Lipinski definition) is 5. The molecule has 0 radical (unpaired) electrons. The van der Waals surface area contributed by atoms with Crippen LogP contribution in [0.2, 0.25) is 0 Å². The van der Waals surface area contributed by atoms with E-state index < -0.39 is 0 Å². The number of nitrogens with zero attached hydrogens (tertiary/aromatic N) is 4. The van der Waals surface area contributed by atoms with Gasteiger partial charge in [0.05, 0.1) is 5.39 Å². The summed E-state index contributed by atoms with van der Waals surface area (Å²) in [6.07, 6.45) is 0.764. The number of nitrogens with one attached hydrogen (secondary N) is 1. The molecule has 7 heteroatoms. The number of carbonyl (C=O) groups is 1. The highest BCUT2D eigenvalue weighted by molar-refractivity contribution is 6.11. The van der Waals surface area contributed by atoms with Gasteiger partial charge in [0.1, 0.15) is 0 Å². The number of anilines is 2. The molecular formula is C24H29N5O2. The Morgan fingerprint density at radius 2 is 1.65 bits per heavy atom. The van der Waals surface area contributed by atoms with E-state index in [4.69, 9.17) is 0 Å². The smallest absolute Gasteiger partial charge is 0.276 e. The maximum atomic E-state index is 13.0. The number of likely N-dealkylation sites (N-methyl/N-ethyl adjacent to an activating group) is 1. The highest BCUT2D eigenvalue weighted by Gasteiger charge is 2.18. The minimum absolute atomic E-state index is 0.165.